The lowest BCUT2D eigenvalue weighted by molar-refractivity contribution is -0.148. The Labute approximate surface area is 110 Å². The first kappa shape index (κ1) is 14.7. The van der Waals surface area contributed by atoms with Gasteiger partial charge in [-0.2, -0.15) is 0 Å². The highest BCUT2D eigenvalue weighted by Gasteiger charge is 2.32. The van der Waals surface area contributed by atoms with E-state index in [-0.39, 0.29) is 0 Å². The summed E-state index contributed by atoms with van der Waals surface area (Å²) in [5.41, 5.74) is 1.76. The van der Waals surface area contributed by atoms with Crippen LogP contribution in [-0.4, -0.2) is 11.1 Å². The maximum absolute atomic E-state index is 11.4. The molecule has 18 heavy (non-hydrogen) atoms. The van der Waals surface area contributed by atoms with Crippen LogP contribution in [0.2, 0.25) is 0 Å². The van der Waals surface area contributed by atoms with Crippen LogP contribution >= 0.6 is 0 Å². The maximum atomic E-state index is 11.4. The minimum Gasteiger partial charge on any atom is -0.481 e. The van der Waals surface area contributed by atoms with Crippen molar-refractivity contribution in [3.63, 3.8) is 0 Å². The van der Waals surface area contributed by atoms with E-state index in [1.54, 1.807) is 0 Å². The Morgan fingerprint density at radius 3 is 2.22 bits per heavy atom. The predicted octanol–water partition coefficient (Wildman–Crippen LogP) is 4.24. The molecule has 0 radical (unpaired) electrons. The van der Waals surface area contributed by atoms with Crippen LogP contribution in [0, 0.1) is 5.41 Å². The molecule has 0 amide bonds. The number of hydrogen-bond donors (Lipinski definition) is 1. The third-order valence-corrected chi connectivity index (χ3v) is 3.56. The van der Waals surface area contributed by atoms with Gasteiger partial charge in [0.05, 0.1) is 5.41 Å². The number of hydrogen-bond acceptors (Lipinski definition) is 1. The average Bonchev–Trinajstić information content (AvgIpc) is 2.29. The van der Waals surface area contributed by atoms with E-state index in [0.717, 1.165) is 12.0 Å². The average molecular weight is 248 g/mol. The zero-order valence-corrected chi connectivity index (χ0v) is 11.9. The molecule has 0 aliphatic carbocycles. The van der Waals surface area contributed by atoms with Gasteiger partial charge in [0, 0.05) is 0 Å². The van der Waals surface area contributed by atoms with E-state index in [1.807, 2.05) is 13.8 Å². The van der Waals surface area contributed by atoms with Crippen LogP contribution in [0.3, 0.4) is 0 Å². The van der Waals surface area contributed by atoms with Crippen LogP contribution in [0.1, 0.15) is 57.6 Å². The van der Waals surface area contributed by atoms with Crippen LogP contribution in [0.4, 0.5) is 0 Å². The van der Waals surface area contributed by atoms with Gasteiger partial charge in [-0.05, 0) is 36.8 Å². The molecule has 1 aromatic rings. The van der Waals surface area contributed by atoms with Crippen LogP contribution in [0.15, 0.2) is 24.3 Å². The van der Waals surface area contributed by atoms with E-state index >= 15 is 0 Å². The van der Waals surface area contributed by atoms with Crippen LogP contribution in [-0.2, 0) is 11.2 Å². The molecule has 0 aromatic heterocycles. The third kappa shape index (κ3) is 3.59. The van der Waals surface area contributed by atoms with E-state index in [0.29, 0.717) is 18.8 Å². The lowest BCUT2D eigenvalue weighted by Gasteiger charge is -2.24. The van der Waals surface area contributed by atoms with Crippen LogP contribution in [0.5, 0.6) is 0 Å². The summed E-state index contributed by atoms with van der Waals surface area (Å²) in [4.78, 5) is 11.4. The smallest absolute Gasteiger partial charge is 0.309 e. The molecule has 1 atom stereocenters. The molecule has 0 saturated carbocycles. The second kappa shape index (κ2) is 6.03. The molecule has 2 nitrogen and oxygen atoms in total. The largest absolute Gasteiger partial charge is 0.481 e. The Kier molecular flexibility index (Phi) is 4.94. The van der Waals surface area contributed by atoms with Gasteiger partial charge in [-0.1, -0.05) is 51.5 Å². The summed E-state index contributed by atoms with van der Waals surface area (Å²) in [6.45, 7) is 8.19. The first-order valence-corrected chi connectivity index (χ1v) is 6.71. The Morgan fingerprint density at radius 2 is 1.83 bits per heavy atom. The standard InChI is InChI=1S/C16H24O2/c1-5-10-16(4,15(17)18)11-13-6-8-14(9-7-13)12(2)3/h6-9,12H,5,10-11H2,1-4H3,(H,17,18). The lowest BCUT2D eigenvalue weighted by Crippen LogP contribution is -2.29. The summed E-state index contributed by atoms with van der Waals surface area (Å²) >= 11 is 0. The Morgan fingerprint density at radius 1 is 1.28 bits per heavy atom. The molecule has 0 saturated heterocycles. The number of aliphatic carboxylic acids is 1. The van der Waals surface area contributed by atoms with Gasteiger partial charge in [0.15, 0.2) is 0 Å². The molecule has 1 rings (SSSR count). The first-order chi connectivity index (χ1) is 8.39. The molecule has 1 aromatic carbocycles. The molecule has 0 fully saturated rings. The number of carbonyl (C=O) groups is 1. The summed E-state index contributed by atoms with van der Waals surface area (Å²) in [6.07, 6.45) is 2.22. The Bertz CT molecular complexity index is 392. The highest BCUT2D eigenvalue weighted by Crippen LogP contribution is 2.29. The normalized spacial score (nSPS) is 14.5. The van der Waals surface area contributed by atoms with Crippen molar-refractivity contribution in [2.45, 2.75) is 52.9 Å². The first-order valence-electron chi connectivity index (χ1n) is 6.71. The van der Waals surface area contributed by atoms with Crippen molar-refractivity contribution < 1.29 is 9.90 Å². The highest BCUT2D eigenvalue weighted by molar-refractivity contribution is 5.74. The Balaban J connectivity index is 2.85. The van der Waals surface area contributed by atoms with E-state index in [9.17, 15) is 9.90 Å². The molecule has 1 N–H and O–H groups in total. The SMILES string of the molecule is CCCC(C)(Cc1ccc(C(C)C)cc1)C(=O)O. The van der Waals surface area contributed by atoms with Crippen LogP contribution < -0.4 is 0 Å². The minimum absolute atomic E-state index is 0.514. The summed E-state index contributed by atoms with van der Waals surface area (Å²) in [6, 6.07) is 8.33. The monoisotopic (exact) mass is 248 g/mol. The molecule has 0 aliphatic heterocycles. The van der Waals surface area contributed by atoms with Gasteiger partial charge < -0.3 is 5.11 Å². The van der Waals surface area contributed by atoms with Crippen molar-refractivity contribution in [2.24, 2.45) is 5.41 Å². The van der Waals surface area contributed by atoms with Crippen LogP contribution in [0.25, 0.3) is 0 Å². The zero-order chi connectivity index (χ0) is 13.8. The molecule has 100 valence electrons. The molecule has 0 spiro atoms. The molecule has 0 aliphatic rings. The second-order valence-electron chi connectivity index (χ2n) is 5.69. The van der Waals surface area contributed by atoms with E-state index < -0.39 is 11.4 Å². The number of rotatable bonds is 6. The van der Waals surface area contributed by atoms with Crippen molar-refractivity contribution >= 4 is 5.97 Å². The fraction of sp³-hybridized carbons (Fsp3) is 0.562. The summed E-state index contributed by atoms with van der Waals surface area (Å²) < 4.78 is 0. The maximum Gasteiger partial charge on any atom is 0.309 e. The van der Waals surface area contributed by atoms with Gasteiger partial charge in [-0.15, -0.1) is 0 Å². The third-order valence-electron chi connectivity index (χ3n) is 3.56. The number of carboxylic acids is 1. The number of benzene rings is 1. The van der Waals surface area contributed by atoms with Crippen molar-refractivity contribution in [2.75, 3.05) is 0 Å². The van der Waals surface area contributed by atoms with E-state index in [1.165, 1.54) is 5.56 Å². The van der Waals surface area contributed by atoms with E-state index in [2.05, 4.69) is 38.1 Å². The van der Waals surface area contributed by atoms with Gasteiger partial charge in [0.2, 0.25) is 0 Å². The van der Waals surface area contributed by atoms with Gasteiger partial charge in [0.1, 0.15) is 0 Å². The molecule has 0 bridgehead atoms. The molecular weight excluding hydrogens is 224 g/mol. The van der Waals surface area contributed by atoms with Gasteiger partial charge in [0.25, 0.3) is 0 Å². The van der Waals surface area contributed by atoms with E-state index in [4.69, 9.17) is 0 Å². The number of carboxylic acid groups (broad SMARTS) is 1. The molecule has 0 heterocycles. The lowest BCUT2D eigenvalue weighted by atomic mass is 9.79. The van der Waals surface area contributed by atoms with Gasteiger partial charge in [-0.25, -0.2) is 0 Å². The molecule has 2 heteroatoms. The van der Waals surface area contributed by atoms with Gasteiger partial charge >= 0.3 is 5.97 Å². The molecule has 1 unspecified atom stereocenters. The fourth-order valence-electron chi connectivity index (χ4n) is 2.29. The summed E-state index contributed by atoms with van der Waals surface area (Å²) in [7, 11) is 0. The second-order valence-corrected chi connectivity index (χ2v) is 5.69. The Hall–Kier alpha value is -1.31. The predicted molar refractivity (Wildman–Crippen MR) is 74.9 cm³/mol. The summed E-state index contributed by atoms with van der Waals surface area (Å²) in [5, 5.41) is 9.37. The highest BCUT2D eigenvalue weighted by atomic mass is 16.4. The molecular formula is C16H24O2. The van der Waals surface area contributed by atoms with Gasteiger partial charge in [-0.3, -0.25) is 4.79 Å². The van der Waals surface area contributed by atoms with Crippen molar-refractivity contribution in [3.8, 4) is 0 Å². The fourth-order valence-corrected chi connectivity index (χ4v) is 2.29. The van der Waals surface area contributed by atoms with Crippen molar-refractivity contribution in [3.05, 3.63) is 35.4 Å². The van der Waals surface area contributed by atoms with Crippen molar-refractivity contribution in [1.29, 1.82) is 0 Å². The summed E-state index contributed by atoms with van der Waals surface area (Å²) in [5.74, 6) is -0.183. The van der Waals surface area contributed by atoms with Crippen molar-refractivity contribution in [1.82, 2.24) is 0 Å². The quantitative estimate of drug-likeness (QED) is 0.817. The zero-order valence-electron chi connectivity index (χ0n) is 11.9. The minimum atomic E-state index is -0.697. The topological polar surface area (TPSA) is 37.3 Å².